The van der Waals surface area contributed by atoms with Crippen molar-refractivity contribution in [2.24, 2.45) is 0 Å². The average Bonchev–Trinajstić information content (AvgIpc) is 2.67. The van der Waals surface area contributed by atoms with E-state index >= 15 is 0 Å². The Morgan fingerprint density at radius 1 is 1.20 bits per heavy atom. The Labute approximate surface area is 118 Å². The van der Waals surface area contributed by atoms with Crippen molar-refractivity contribution in [3.05, 3.63) is 52.2 Å². The van der Waals surface area contributed by atoms with Gasteiger partial charge in [0.25, 0.3) is 0 Å². The molecule has 108 valence electrons. The Hall–Kier alpha value is -1.81. The van der Waals surface area contributed by atoms with E-state index in [-0.39, 0.29) is 11.9 Å². The highest BCUT2D eigenvalue weighted by Gasteiger charge is 2.24. The SMILES string of the molecule is CNC(c1cc(F)ccc1OC)c1c(C)oc(C)c1C. The minimum atomic E-state index is -0.281. The minimum Gasteiger partial charge on any atom is -0.496 e. The molecule has 0 aliphatic carbocycles. The van der Waals surface area contributed by atoms with E-state index in [0.29, 0.717) is 5.75 Å². The summed E-state index contributed by atoms with van der Waals surface area (Å²) in [5.74, 6) is 2.10. The van der Waals surface area contributed by atoms with Gasteiger partial charge in [-0.1, -0.05) is 0 Å². The molecular weight excluding hydrogens is 257 g/mol. The van der Waals surface area contributed by atoms with Gasteiger partial charge in [0.2, 0.25) is 0 Å². The lowest BCUT2D eigenvalue weighted by Crippen LogP contribution is -2.20. The summed E-state index contributed by atoms with van der Waals surface area (Å²) in [5.41, 5.74) is 2.88. The highest BCUT2D eigenvalue weighted by molar-refractivity contribution is 5.46. The van der Waals surface area contributed by atoms with Crippen molar-refractivity contribution in [2.45, 2.75) is 26.8 Å². The van der Waals surface area contributed by atoms with Gasteiger partial charge in [-0.3, -0.25) is 0 Å². The van der Waals surface area contributed by atoms with Gasteiger partial charge in [0.05, 0.1) is 13.2 Å². The highest BCUT2D eigenvalue weighted by atomic mass is 19.1. The molecule has 1 heterocycles. The van der Waals surface area contributed by atoms with Crippen molar-refractivity contribution < 1.29 is 13.5 Å². The first kappa shape index (κ1) is 14.6. The van der Waals surface area contributed by atoms with E-state index in [2.05, 4.69) is 5.32 Å². The molecule has 2 rings (SSSR count). The van der Waals surface area contributed by atoms with Crippen LogP contribution in [0.2, 0.25) is 0 Å². The number of hydrogen-bond acceptors (Lipinski definition) is 3. The molecule has 0 spiro atoms. The summed E-state index contributed by atoms with van der Waals surface area (Å²) in [5, 5.41) is 3.22. The summed E-state index contributed by atoms with van der Waals surface area (Å²) in [7, 11) is 3.43. The molecule has 0 bridgehead atoms. The maximum absolute atomic E-state index is 13.6. The van der Waals surface area contributed by atoms with Crippen LogP contribution in [0.4, 0.5) is 4.39 Å². The number of furan rings is 1. The average molecular weight is 277 g/mol. The number of ether oxygens (including phenoxy) is 1. The third-order valence-electron chi connectivity index (χ3n) is 3.70. The van der Waals surface area contributed by atoms with E-state index < -0.39 is 0 Å². The van der Waals surface area contributed by atoms with Gasteiger partial charge in [-0.25, -0.2) is 4.39 Å². The van der Waals surface area contributed by atoms with Gasteiger partial charge in [0, 0.05) is 11.1 Å². The molecule has 0 aliphatic heterocycles. The molecule has 0 saturated heterocycles. The maximum Gasteiger partial charge on any atom is 0.124 e. The van der Waals surface area contributed by atoms with E-state index in [1.807, 2.05) is 27.8 Å². The van der Waals surface area contributed by atoms with Crippen LogP contribution in [-0.2, 0) is 0 Å². The second-order valence-electron chi connectivity index (χ2n) is 4.86. The molecular formula is C16H20FNO2. The summed E-state index contributed by atoms with van der Waals surface area (Å²) in [6.45, 7) is 5.87. The first-order valence-corrected chi connectivity index (χ1v) is 6.56. The number of nitrogens with one attached hydrogen (secondary N) is 1. The third-order valence-corrected chi connectivity index (χ3v) is 3.70. The molecule has 2 aromatic rings. The summed E-state index contributed by atoms with van der Waals surface area (Å²) in [6.07, 6.45) is 0. The molecule has 0 saturated carbocycles. The zero-order chi connectivity index (χ0) is 14.9. The Balaban J connectivity index is 2.61. The summed E-state index contributed by atoms with van der Waals surface area (Å²) in [6, 6.07) is 4.38. The maximum atomic E-state index is 13.6. The van der Waals surface area contributed by atoms with Crippen molar-refractivity contribution in [1.29, 1.82) is 0 Å². The number of methoxy groups -OCH3 is 1. The van der Waals surface area contributed by atoms with Gasteiger partial charge >= 0.3 is 0 Å². The Morgan fingerprint density at radius 2 is 1.90 bits per heavy atom. The molecule has 20 heavy (non-hydrogen) atoms. The van der Waals surface area contributed by atoms with Gasteiger partial charge in [-0.2, -0.15) is 0 Å². The molecule has 1 aromatic carbocycles. The van der Waals surface area contributed by atoms with Crippen LogP contribution in [0.1, 0.15) is 34.3 Å². The van der Waals surface area contributed by atoms with Gasteiger partial charge in [-0.15, -0.1) is 0 Å². The van der Waals surface area contributed by atoms with Crippen LogP contribution in [0.25, 0.3) is 0 Å². The molecule has 1 atom stereocenters. The highest BCUT2D eigenvalue weighted by Crippen LogP contribution is 2.35. The minimum absolute atomic E-state index is 0.168. The molecule has 0 fully saturated rings. The summed E-state index contributed by atoms with van der Waals surface area (Å²) in [4.78, 5) is 0. The van der Waals surface area contributed by atoms with E-state index in [9.17, 15) is 4.39 Å². The van der Waals surface area contributed by atoms with Gasteiger partial charge < -0.3 is 14.5 Å². The Bertz CT molecular complexity index is 619. The van der Waals surface area contributed by atoms with Crippen molar-refractivity contribution in [3.63, 3.8) is 0 Å². The zero-order valence-electron chi connectivity index (χ0n) is 12.5. The fraction of sp³-hybridized carbons (Fsp3) is 0.375. The van der Waals surface area contributed by atoms with Crippen molar-refractivity contribution in [1.82, 2.24) is 5.32 Å². The standard InChI is InChI=1S/C16H20FNO2/c1-9-10(2)20-11(3)15(9)16(18-4)13-8-12(17)6-7-14(13)19-5/h6-8,16,18H,1-5H3. The van der Waals surface area contributed by atoms with Gasteiger partial charge in [0.15, 0.2) is 0 Å². The van der Waals surface area contributed by atoms with E-state index in [1.165, 1.54) is 12.1 Å². The Morgan fingerprint density at radius 3 is 2.40 bits per heavy atom. The largest absolute Gasteiger partial charge is 0.496 e. The summed E-state index contributed by atoms with van der Waals surface area (Å²) < 4.78 is 24.6. The fourth-order valence-corrected chi connectivity index (χ4v) is 2.62. The number of rotatable bonds is 4. The number of benzene rings is 1. The topological polar surface area (TPSA) is 34.4 Å². The lowest BCUT2D eigenvalue weighted by atomic mass is 9.94. The zero-order valence-corrected chi connectivity index (χ0v) is 12.5. The predicted molar refractivity (Wildman–Crippen MR) is 76.8 cm³/mol. The molecule has 1 aromatic heterocycles. The van der Waals surface area contributed by atoms with Crippen LogP contribution in [-0.4, -0.2) is 14.2 Å². The van der Waals surface area contributed by atoms with Crippen LogP contribution < -0.4 is 10.1 Å². The molecule has 3 nitrogen and oxygen atoms in total. The van der Waals surface area contributed by atoms with Crippen LogP contribution in [0.15, 0.2) is 22.6 Å². The van der Waals surface area contributed by atoms with Crippen molar-refractivity contribution >= 4 is 0 Å². The Kier molecular flexibility index (Phi) is 4.14. The van der Waals surface area contributed by atoms with Gasteiger partial charge in [0.1, 0.15) is 23.1 Å². The molecule has 0 amide bonds. The molecule has 1 unspecified atom stereocenters. The first-order chi connectivity index (χ1) is 9.49. The molecule has 0 aliphatic rings. The van der Waals surface area contributed by atoms with Crippen molar-refractivity contribution in [2.75, 3.05) is 14.2 Å². The normalized spacial score (nSPS) is 12.5. The van der Waals surface area contributed by atoms with E-state index in [1.54, 1.807) is 13.2 Å². The molecule has 0 radical (unpaired) electrons. The number of halogens is 1. The predicted octanol–water partition coefficient (Wildman–Crippen LogP) is 3.66. The summed E-state index contributed by atoms with van der Waals surface area (Å²) >= 11 is 0. The van der Waals surface area contributed by atoms with Crippen LogP contribution in [0, 0.1) is 26.6 Å². The lowest BCUT2D eigenvalue weighted by Gasteiger charge is -2.20. The van der Waals surface area contributed by atoms with Crippen molar-refractivity contribution in [3.8, 4) is 5.75 Å². The number of aryl methyl sites for hydroxylation is 2. The lowest BCUT2D eigenvalue weighted by molar-refractivity contribution is 0.403. The van der Waals surface area contributed by atoms with Crippen LogP contribution in [0.3, 0.4) is 0 Å². The van der Waals surface area contributed by atoms with E-state index in [0.717, 1.165) is 28.2 Å². The third kappa shape index (κ3) is 2.43. The second-order valence-corrected chi connectivity index (χ2v) is 4.86. The number of hydrogen-bond donors (Lipinski definition) is 1. The second kappa shape index (κ2) is 5.67. The quantitative estimate of drug-likeness (QED) is 0.926. The van der Waals surface area contributed by atoms with Gasteiger partial charge in [-0.05, 0) is 51.6 Å². The molecule has 1 N–H and O–H groups in total. The van der Waals surface area contributed by atoms with Crippen LogP contribution >= 0.6 is 0 Å². The fourth-order valence-electron chi connectivity index (χ4n) is 2.62. The first-order valence-electron chi connectivity index (χ1n) is 6.56. The monoisotopic (exact) mass is 277 g/mol. The van der Waals surface area contributed by atoms with Crippen LogP contribution in [0.5, 0.6) is 5.75 Å². The molecule has 4 heteroatoms. The van der Waals surface area contributed by atoms with E-state index in [4.69, 9.17) is 9.15 Å². The smallest absolute Gasteiger partial charge is 0.124 e.